The molecule has 0 bridgehead atoms. The van der Waals surface area contributed by atoms with E-state index in [1.54, 1.807) is 12.3 Å². The SMILES string of the molecule is CCCNc1ccc(C(=O)NC2CC(OCC)C2)nc1. The van der Waals surface area contributed by atoms with Crippen LogP contribution in [0.1, 0.15) is 43.6 Å². The minimum absolute atomic E-state index is 0.105. The first kappa shape index (κ1) is 14.8. The molecular weight excluding hydrogens is 254 g/mol. The van der Waals surface area contributed by atoms with E-state index in [2.05, 4.69) is 22.5 Å². The predicted octanol–water partition coefficient (Wildman–Crippen LogP) is 2.20. The van der Waals surface area contributed by atoms with Gasteiger partial charge in [0, 0.05) is 19.2 Å². The van der Waals surface area contributed by atoms with Crippen molar-refractivity contribution >= 4 is 11.6 Å². The molecule has 5 nitrogen and oxygen atoms in total. The van der Waals surface area contributed by atoms with E-state index in [9.17, 15) is 4.79 Å². The van der Waals surface area contributed by atoms with E-state index in [0.29, 0.717) is 11.8 Å². The molecule has 0 aliphatic heterocycles. The van der Waals surface area contributed by atoms with Gasteiger partial charge in [-0.25, -0.2) is 4.98 Å². The lowest BCUT2D eigenvalue weighted by Gasteiger charge is -2.35. The summed E-state index contributed by atoms with van der Waals surface area (Å²) in [5, 5.41) is 6.21. The Morgan fingerprint density at radius 3 is 2.80 bits per heavy atom. The molecule has 1 aromatic heterocycles. The number of ether oxygens (including phenoxy) is 1. The average molecular weight is 277 g/mol. The van der Waals surface area contributed by atoms with Crippen molar-refractivity contribution in [1.82, 2.24) is 10.3 Å². The topological polar surface area (TPSA) is 63.2 Å². The van der Waals surface area contributed by atoms with Crippen molar-refractivity contribution in [2.75, 3.05) is 18.5 Å². The molecule has 1 aliphatic rings. The van der Waals surface area contributed by atoms with E-state index in [4.69, 9.17) is 4.74 Å². The van der Waals surface area contributed by atoms with Gasteiger partial charge in [0.2, 0.25) is 0 Å². The lowest BCUT2D eigenvalue weighted by molar-refractivity contribution is -0.00866. The van der Waals surface area contributed by atoms with Crippen LogP contribution in [0.25, 0.3) is 0 Å². The molecule has 5 heteroatoms. The van der Waals surface area contributed by atoms with Crippen molar-refractivity contribution < 1.29 is 9.53 Å². The Kier molecular flexibility index (Phi) is 5.35. The molecule has 1 aliphatic carbocycles. The summed E-state index contributed by atoms with van der Waals surface area (Å²) in [6, 6.07) is 3.87. The Hall–Kier alpha value is -1.62. The number of hydrogen-bond acceptors (Lipinski definition) is 4. The van der Waals surface area contributed by atoms with Gasteiger partial charge in [0.25, 0.3) is 5.91 Å². The van der Waals surface area contributed by atoms with Crippen LogP contribution in [-0.2, 0) is 4.74 Å². The first-order valence-corrected chi connectivity index (χ1v) is 7.35. The van der Waals surface area contributed by atoms with E-state index >= 15 is 0 Å². The van der Waals surface area contributed by atoms with Crippen LogP contribution in [0, 0.1) is 0 Å². The predicted molar refractivity (Wildman–Crippen MR) is 78.9 cm³/mol. The number of rotatable bonds is 7. The van der Waals surface area contributed by atoms with Crippen LogP contribution in [-0.4, -0.2) is 36.2 Å². The highest BCUT2D eigenvalue weighted by atomic mass is 16.5. The van der Waals surface area contributed by atoms with Crippen molar-refractivity contribution in [1.29, 1.82) is 0 Å². The van der Waals surface area contributed by atoms with E-state index in [0.717, 1.165) is 38.1 Å². The van der Waals surface area contributed by atoms with Gasteiger partial charge < -0.3 is 15.4 Å². The molecule has 1 amide bonds. The van der Waals surface area contributed by atoms with E-state index in [1.807, 2.05) is 13.0 Å². The van der Waals surface area contributed by atoms with Crippen LogP contribution in [0.4, 0.5) is 5.69 Å². The van der Waals surface area contributed by atoms with Crippen molar-refractivity contribution in [2.24, 2.45) is 0 Å². The number of pyridine rings is 1. The fraction of sp³-hybridized carbons (Fsp3) is 0.600. The largest absolute Gasteiger partial charge is 0.384 e. The molecule has 1 saturated carbocycles. The second kappa shape index (κ2) is 7.24. The summed E-state index contributed by atoms with van der Waals surface area (Å²) in [4.78, 5) is 16.2. The maximum absolute atomic E-state index is 12.0. The number of aromatic nitrogens is 1. The molecule has 1 heterocycles. The molecule has 0 radical (unpaired) electrons. The Bertz CT molecular complexity index is 427. The Morgan fingerprint density at radius 2 is 2.20 bits per heavy atom. The fourth-order valence-corrected chi connectivity index (χ4v) is 2.22. The molecule has 0 unspecified atom stereocenters. The number of carbonyl (C=O) groups is 1. The van der Waals surface area contributed by atoms with Crippen LogP contribution < -0.4 is 10.6 Å². The third kappa shape index (κ3) is 3.93. The zero-order valence-electron chi connectivity index (χ0n) is 12.2. The lowest BCUT2D eigenvalue weighted by Crippen LogP contribution is -2.48. The summed E-state index contributed by atoms with van der Waals surface area (Å²) in [6.45, 7) is 5.74. The van der Waals surface area contributed by atoms with E-state index in [1.165, 1.54) is 0 Å². The number of anilines is 1. The van der Waals surface area contributed by atoms with Crippen LogP contribution in [0.2, 0.25) is 0 Å². The second-order valence-electron chi connectivity index (χ2n) is 5.08. The lowest BCUT2D eigenvalue weighted by atomic mass is 9.89. The summed E-state index contributed by atoms with van der Waals surface area (Å²) in [5.74, 6) is -0.105. The highest BCUT2D eigenvalue weighted by Crippen LogP contribution is 2.23. The zero-order valence-corrected chi connectivity index (χ0v) is 12.2. The fourth-order valence-electron chi connectivity index (χ4n) is 2.22. The number of carbonyl (C=O) groups excluding carboxylic acids is 1. The molecule has 0 atom stereocenters. The standard InChI is InChI=1S/C15H23N3O2/c1-3-7-16-11-5-6-14(17-10-11)15(19)18-12-8-13(9-12)20-4-2/h5-6,10,12-13,16H,3-4,7-9H2,1-2H3,(H,18,19). The van der Waals surface area contributed by atoms with Crippen LogP contribution in [0.3, 0.4) is 0 Å². The number of hydrogen-bond donors (Lipinski definition) is 2. The van der Waals surface area contributed by atoms with Crippen molar-refractivity contribution in [3.8, 4) is 0 Å². The molecule has 0 aromatic carbocycles. The van der Waals surface area contributed by atoms with E-state index in [-0.39, 0.29) is 11.9 Å². The second-order valence-corrected chi connectivity index (χ2v) is 5.08. The van der Waals surface area contributed by atoms with Gasteiger partial charge in [0.05, 0.1) is 18.0 Å². The van der Waals surface area contributed by atoms with Gasteiger partial charge in [0.15, 0.2) is 0 Å². The minimum Gasteiger partial charge on any atom is -0.384 e. The highest BCUT2D eigenvalue weighted by Gasteiger charge is 2.30. The van der Waals surface area contributed by atoms with Gasteiger partial charge in [-0.3, -0.25) is 4.79 Å². The van der Waals surface area contributed by atoms with Gasteiger partial charge in [-0.05, 0) is 38.3 Å². The molecule has 20 heavy (non-hydrogen) atoms. The van der Waals surface area contributed by atoms with Crippen molar-refractivity contribution in [3.63, 3.8) is 0 Å². The summed E-state index contributed by atoms with van der Waals surface area (Å²) in [7, 11) is 0. The van der Waals surface area contributed by atoms with Crippen LogP contribution in [0.15, 0.2) is 18.3 Å². The maximum atomic E-state index is 12.0. The smallest absolute Gasteiger partial charge is 0.270 e. The third-order valence-corrected chi connectivity index (χ3v) is 3.41. The quantitative estimate of drug-likeness (QED) is 0.802. The maximum Gasteiger partial charge on any atom is 0.270 e. The molecular formula is C15H23N3O2. The third-order valence-electron chi connectivity index (χ3n) is 3.41. The summed E-state index contributed by atoms with van der Waals surface area (Å²) in [6.07, 6.45) is 4.86. The molecule has 2 N–H and O–H groups in total. The molecule has 0 saturated heterocycles. The molecule has 1 aromatic rings. The number of amides is 1. The van der Waals surface area contributed by atoms with E-state index < -0.39 is 0 Å². The molecule has 110 valence electrons. The normalized spacial score (nSPS) is 21.1. The zero-order chi connectivity index (χ0) is 14.4. The average Bonchev–Trinajstić information content (AvgIpc) is 2.43. The molecule has 2 rings (SSSR count). The van der Waals surface area contributed by atoms with Gasteiger partial charge in [0.1, 0.15) is 5.69 Å². The summed E-state index contributed by atoms with van der Waals surface area (Å²) >= 11 is 0. The Labute approximate surface area is 120 Å². The van der Waals surface area contributed by atoms with Gasteiger partial charge >= 0.3 is 0 Å². The van der Waals surface area contributed by atoms with Crippen LogP contribution >= 0.6 is 0 Å². The first-order valence-electron chi connectivity index (χ1n) is 7.35. The van der Waals surface area contributed by atoms with Crippen LogP contribution in [0.5, 0.6) is 0 Å². The number of nitrogens with one attached hydrogen (secondary N) is 2. The van der Waals surface area contributed by atoms with Gasteiger partial charge in [-0.2, -0.15) is 0 Å². The Morgan fingerprint density at radius 1 is 1.40 bits per heavy atom. The number of nitrogens with zero attached hydrogens (tertiary/aromatic N) is 1. The Balaban J connectivity index is 1.78. The molecule has 0 spiro atoms. The summed E-state index contributed by atoms with van der Waals surface area (Å²) < 4.78 is 5.47. The monoisotopic (exact) mass is 277 g/mol. The summed E-state index contributed by atoms with van der Waals surface area (Å²) in [5.41, 5.74) is 1.41. The minimum atomic E-state index is -0.105. The van der Waals surface area contributed by atoms with Crippen molar-refractivity contribution in [3.05, 3.63) is 24.0 Å². The van der Waals surface area contributed by atoms with Gasteiger partial charge in [-0.15, -0.1) is 0 Å². The van der Waals surface area contributed by atoms with Crippen molar-refractivity contribution in [2.45, 2.75) is 45.3 Å². The molecule has 1 fully saturated rings. The first-order chi connectivity index (χ1) is 9.72. The highest BCUT2D eigenvalue weighted by molar-refractivity contribution is 5.92. The van der Waals surface area contributed by atoms with Gasteiger partial charge in [-0.1, -0.05) is 6.92 Å².